The first-order chi connectivity index (χ1) is 19.4. The highest BCUT2D eigenvalue weighted by Gasteiger charge is 2.23. The van der Waals surface area contributed by atoms with E-state index in [0.717, 1.165) is 34.0 Å². The summed E-state index contributed by atoms with van der Waals surface area (Å²) in [5, 5.41) is 14.2. The van der Waals surface area contributed by atoms with Crippen LogP contribution < -0.4 is 10.9 Å². The number of amides is 1. The molecule has 212 valence electrons. The molecule has 1 atom stereocenters. The molecule has 0 spiro atoms. The number of aromatic nitrogens is 4. The Hall–Kier alpha value is -3.73. The Balaban J connectivity index is 1.61. The highest BCUT2D eigenvalue weighted by atomic mass is 16.5. The number of pyridine rings is 1. The third-order valence-corrected chi connectivity index (χ3v) is 7.33. The van der Waals surface area contributed by atoms with Gasteiger partial charge in [0, 0.05) is 66.7 Å². The molecule has 10 heteroatoms. The summed E-state index contributed by atoms with van der Waals surface area (Å²) in [5.74, 6) is -0.0546. The molecule has 1 saturated heterocycles. The van der Waals surface area contributed by atoms with Gasteiger partial charge in [0.2, 0.25) is 0 Å². The van der Waals surface area contributed by atoms with Gasteiger partial charge in [-0.1, -0.05) is 6.08 Å². The van der Waals surface area contributed by atoms with Crippen LogP contribution >= 0.6 is 0 Å². The highest BCUT2D eigenvalue weighted by Crippen LogP contribution is 2.34. The maximum atomic E-state index is 13.7. The minimum absolute atomic E-state index is 0.0546. The fourth-order valence-corrected chi connectivity index (χ4v) is 5.35. The Morgan fingerprint density at radius 3 is 2.77 bits per heavy atom. The number of aromatic amines is 1. The van der Waals surface area contributed by atoms with Crippen LogP contribution in [0.2, 0.25) is 0 Å². The van der Waals surface area contributed by atoms with Crippen molar-refractivity contribution >= 4 is 27.8 Å². The minimum atomic E-state index is -0.581. The van der Waals surface area contributed by atoms with Crippen LogP contribution in [0.25, 0.3) is 33.1 Å². The zero-order valence-corrected chi connectivity index (χ0v) is 23.2. The molecule has 3 N–H and O–H groups in total. The number of rotatable bonds is 11. The smallest absolute Gasteiger partial charge is 0.274 e. The van der Waals surface area contributed by atoms with Crippen molar-refractivity contribution in [2.45, 2.75) is 58.5 Å². The normalized spacial score (nSPS) is 14.8. The molecule has 1 aliphatic rings. The summed E-state index contributed by atoms with van der Waals surface area (Å²) in [6.07, 6.45) is 8.62. The summed E-state index contributed by atoms with van der Waals surface area (Å²) >= 11 is 0. The van der Waals surface area contributed by atoms with Crippen molar-refractivity contribution in [1.82, 2.24) is 29.3 Å². The summed E-state index contributed by atoms with van der Waals surface area (Å²) in [6, 6.07) is 5.90. The predicted octanol–water partition coefficient (Wildman–Crippen LogP) is 3.49. The average Bonchev–Trinajstić information content (AvgIpc) is 3.60. The monoisotopic (exact) mass is 546 g/mol. The number of imidazole rings is 1. The van der Waals surface area contributed by atoms with Crippen molar-refractivity contribution in [1.29, 1.82) is 0 Å². The van der Waals surface area contributed by atoms with Crippen LogP contribution in [0.3, 0.4) is 0 Å². The summed E-state index contributed by atoms with van der Waals surface area (Å²) in [4.78, 5) is 36.5. The van der Waals surface area contributed by atoms with Gasteiger partial charge >= 0.3 is 0 Å². The molecule has 1 fully saturated rings. The van der Waals surface area contributed by atoms with Crippen molar-refractivity contribution in [3.63, 3.8) is 0 Å². The number of aliphatic hydroxyl groups is 1. The molecule has 0 saturated carbocycles. The molecular weight excluding hydrogens is 508 g/mol. The Kier molecular flexibility index (Phi) is 8.49. The number of aryl methyl sites for hydroxylation is 2. The number of morpholine rings is 1. The van der Waals surface area contributed by atoms with Gasteiger partial charge in [-0.05, 0) is 51.3 Å². The van der Waals surface area contributed by atoms with Crippen LogP contribution in [-0.4, -0.2) is 73.6 Å². The number of nitrogens with zero attached hydrogens (tertiary/aromatic N) is 4. The SMILES string of the molecule is C=CCCn1cc(-c2cc(C(=O)N3CCOCC3)cc3c2ncn3CCCC(O)NC(C)C)c2cc[nH]c2c1=O. The zero-order valence-electron chi connectivity index (χ0n) is 23.2. The summed E-state index contributed by atoms with van der Waals surface area (Å²) in [6.45, 7) is 11.1. The second-order valence-electron chi connectivity index (χ2n) is 10.6. The number of carbonyl (C=O) groups is 1. The van der Waals surface area contributed by atoms with Gasteiger partial charge < -0.3 is 28.9 Å². The van der Waals surface area contributed by atoms with Crippen LogP contribution in [0.5, 0.6) is 0 Å². The molecule has 0 radical (unpaired) electrons. The Morgan fingerprint density at radius 1 is 1.23 bits per heavy atom. The molecule has 4 aromatic rings. The molecule has 1 aliphatic heterocycles. The lowest BCUT2D eigenvalue weighted by Gasteiger charge is -2.27. The number of hydrogen-bond donors (Lipinski definition) is 3. The van der Waals surface area contributed by atoms with Gasteiger partial charge in [0.05, 0.1) is 30.6 Å². The van der Waals surface area contributed by atoms with Gasteiger partial charge in [0.15, 0.2) is 0 Å². The summed E-state index contributed by atoms with van der Waals surface area (Å²) < 4.78 is 9.20. The number of hydrogen-bond acceptors (Lipinski definition) is 6. The largest absolute Gasteiger partial charge is 0.379 e. The van der Waals surface area contributed by atoms with Gasteiger partial charge in [-0.25, -0.2) is 4.98 Å². The number of carbonyl (C=O) groups excluding carboxylic acids is 1. The van der Waals surface area contributed by atoms with E-state index in [1.807, 2.05) is 47.7 Å². The molecule has 5 rings (SSSR count). The lowest BCUT2D eigenvalue weighted by atomic mass is 9.99. The number of benzene rings is 1. The molecular formula is C30H38N6O4. The summed E-state index contributed by atoms with van der Waals surface area (Å²) in [7, 11) is 0. The Bertz CT molecular complexity index is 1560. The first-order valence-electron chi connectivity index (χ1n) is 14.0. The van der Waals surface area contributed by atoms with Gasteiger partial charge in [-0.2, -0.15) is 0 Å². The number of nitrogens with one attached hydrogen (secondary N) is 2. The van der Waals surface area contributed by atoms with E-state index in [2.05, 4.69) is 16.9 Å². The molecule has 1 unspecified atom stereocenters. The lowest BCUT2D eigenvalue weighted by Crippen LogP contribution is -2.40. The van der Waals surface area contributed by atoms with Crippen LogP contribution in [0, 0.1) is 0 Å². The quantitative estimate of drug-likeness (QED) is 0.196. The molecule has 0 bridgehead atoms. The van der Waals surface area contributed by atoms with Crippen molar-refractivity contribution in [2.24, 2.45) is 0 Å². The molecule has 1 aromatic carbocycles. The first-order valence-corrected chi connectivity index (χ1v) is 14.0. The molecule has 1 amide bonds. The maximum absolute atomic E-state index is 13.7. The van der Waals surface area contributed by atoms with Crippen molar-refractivity contribution in [2.75, 3.05) is 26.3 Å². The predicted molar refractivity (Wildman–Crippen MR) is 156 cm³/mol. The van der Waals surface area contributed by atoms with E-state index in [1.54, 1.807) is 23.2 Å². The van der Waals surface area contributed by atoms with Crippen molar-refractivity contribution in [3.8, 4) is 11.1 Å². The van der Waals surface area contributed by atoms with Crippen molar-refractivity contribution < 1.29 is 14.6 Å². The van der Waals surface area contributed by atoms with Gasteiger partial charge in [0.25, 0.3) is 11.5 Å². The van der Waals surface area contributed by atoms with E-state index < -0.39 is 6.23 Å². The minimum Gasteiger partial charge on any atom is -0.379 e. The van der Waals surface area contributed by atoms with Crippen LogP contribution in [-0.2, 0) is 17.8 Å². The molecule has 3 aromatic heterocycles. The van der Waals surface area contributed by atoms with E-state index in [1.165, 1.54) is 0 Å². The van der Waals surface area contributed by atoms with Crippen molar-refractivity contribution in [3.05, 3.63) is 65.5 Å². The molecule has 4 heterocycles. The highest BCUT2D eigenvalue weighted by molar-refractivity contribution is 6.06. The maximum Gasteiger partial charge on any atom is 0.274 e. The fraction of sp³-hybridized carbons (Fsp3) is 0.433. The van der Waals surface area contributed by atoms with E-state index in [9.17, 15) is 14.7 Å². The fourth-order valence-electron chi connectivity index (χ4n) is 5.35. The second-order valence-corrected chi connectivity index (χ2v) is 10.6. The Labute approximate surface area is 233 Å². The third kappa shape index (κ3) is 5.74. The Morgan fingerprint density at radius 2 is 2.02 bits per heavy atom. The molecule has 0 aliphatic carbocycles. The van der Waals surface area contributed by atoms with E-state index >= 15 is 0 Å². The lowest BCUT2D eigenvalue weighted by molar-refractivity contribution is 0.0303. The third-order valence-electron chi connectivity index (χ3n) is 7.33. The molecule has 40 heavy (non-hydrogen) atoms. The standard InChI is InChI=1S/C30H38N6O4/c1-4-5-10-35-18-24(22-8-9-31-28(22)30(35)39)23-16-21(29(38)34-12-14-40-15-13-34)17-25-27(23)32-19-36(25)11-6-7-26(37)33-20(2)3/h4,8-9,16-20,26,31,33,37H,1,5-7,10-15H2,2-3H3. The molecule has 10 nitrogen and oxygen atoms in total. The summed E-state index contributed by atoms with van der Waals surface area (Å²) in [5.41, 5.74) is 4.23. The van der Waals surface area contributed by atoms with E-state index in [4.69, 9.17) is 9.72 Å². The van der Waals surface area contributed by atoms with Crippen LogP contribution in [0.4, 0.5) is 0 Å². The van der Waals surface area contributed by atoms with Gasteiger partial charge in [0.1, 0.15) is 11.7 Å². The first kappa shape index (κ1) is 27.8. The number of aliphatic hydroxyl groups excluding tert-OH is 1. The van der Waals surface area contributed by atoms with Crippen LogP contribution in [0.15, 0.2) is 54.4 Å². The second kappa shape index (κ2) is 12.2. The number of H-pyrrole nitrogens is 1. The van der Waals surface area contributed by atoms with Gasteiger partial charge in [-0.15, -0.1) is 6.58 Å². The average molecular weight is 547 g/mol. The topological polar surface area (TPSA) is 117 Å². The number of fused-ring (bicyclic) bond motifs is 2. The zero-order chi connectivity index (χ0) is 28.2. The van der Waals surface area contributed by atoms with E-state index in [0.29, 0.717) is 63.3 Å². The van der Waals surface area contributed by atoms with E-state index in [-0.39, 0.29) is 17.5 Å². The number of ether oxygens (including phenoxy) is 1. The van der Waals surface area contributed by atoms with Gasteiger partial charge in [-0.3, -0.25) is 14.9 Å². The van der Waals surface area contributed by atoms with Crippen LogP contribution in [0.1, 0.15) is 43.5 Å². The number of allylic oxidation sites excluding steroid dienone is 1.